The zero-order valence-electron chi connectivity index (χ0n) is 10.5. The van der Waals surface area contributed by atoms with E-state index in [1.54, 1.807) is 0 Å². The van der Waals surface area contributed by atoms with Crippen molar-refractivity contribution in [3.05, 3.63) is 12.7 Å². The summed E-state index contributed by atoms with van der Waals surface area (Å²) in [4.78, 5) is 34.7. The molecule has 1 aliphatic rings. The second-order valence-corrected chi connectivity index (χ2v) is 3.96. The minimum atomic E-state index is -1.12. The van der Waals surface area contributed by atoms with Crippen LogP contribution in [0, 0.1) is 23.7 Å². The molecule has 1 rings (SSSR count). The molecule has 0 aromatic heterocycles. The number of allylic oxidation sites excluding steroid dienone is 1. The van der Waals surface area contributed by atoms with Crippen molar-refractivity contribution in [2.45, 2.75) is 0 Å². The summed E-state index contributed by atoms with van der Waals surface area (Å²) in [5, 5.41) is 0. The van der Waals surface area contributed by atoms with Gasteiger partial charge in [0.2, 0.25) is 0 Å². The maximum Gasteiger partial charge on any atom is 0.320 e. The highest BCUT2D eigenvalue weighted by atomic mass is 16.5. The fourth-order valence-electron chi connectivity index (χ4n) is 2.21. The lowest BCUT2D eigenvalue weighted by atomic mass is 10.0. The molecule has 1 saturated carbocycles. The third-order valence-electron chi connectivity index (χ3n) is 3.17. The highest BCUT2D eigenvalue weighted by molar-refractivity contribution is 5.97. The molecule has 0 amide bonds. The molecule has 0 aromatic carbocycles. The van der Waals surface area contributed by atoms with E-state index in [2.05, 4.69) is 20.8 Å². The third-order valence-corrected chi connectivity index (χ3v) is 3.17. The van der Waals surface area contributed by atoms with Gasteiger partial charge in [0, 0.05) is 5.92 Å². The number of hydrogen-bond acceptors (Lipinski definition) is 6. The van der Waals surface area contributed by atoms with E-state index in [-0.39, 0.29) is 5.92 Å². The van der Waals surface area contributed by atoms with Crippen molar-refractivity contribution in [1.29, 1.82) is 0 Å². The Kier molecular flexibility index (Phi) is 4.47. The Morgan fingerprint density at radius 2 is 1.56 bits per heavy atom. The minimum absolute atomic E-state index is 0.277. The summed E-state index contributed by atoms with van der Waals surface area (Å²) in [6.07, 6.45) is 1.53. The number of methoxy groups -OCH3 is 3. The monoisotopic (exact) mass is 256 g/mol. The van der Waals surface area contributed by atoms with E-state index >= 15 is 0 Å². The van der Waals surface area contributed by atoms with Crippen molar-refractivity contribution >= 4 is 17.9 Å². The number of hydrogen-bond donors (Lipinski definition) is 0. The van der Waals surface area contributed by atoms with Crippen LogP contribution < -0.4 is 0 Å². The number of esters is 3. The SMILES string of the molecule is C=C[C@@H]1[C@H](C(=O)OC)[C@H]1C(C(=O)OC)C(=O)OC. The van der Waals surface area contributed by atoms with Gasteiger partial charge in [-0.2, -0.15) is 0 Å². The van der Waals surface area contributed by atoms with Crippen LogP contribution in [0.5, 0.6) is 0 Å². The Labute approximate surface area is 105 Å². The largest absolute Gasteiger partial charge is 0.469 e. The van der Waals surface area contributed by atoms with Crippen molar-refractivity contribution in [2.24, 2.45) is 23.7 Å². The summed E-state index contributed by atoms with van der Waals surface area (Å²) >= 11 is 0. The first-order chi connectivity index (χ1) is 8.53. The van der Waals surface area contributed by atoms with Crippen LogP contribution in [0.25, 0.3) is 0 Å². The fraction of sp³-hybridized carbons (Fsp3) is 0.583. The van der Waals surface area contributed by atoms with Gasteiger partial charge in [0.25, 0.3) is 0 Å². The lowest BCUT2D eigenvalue weighted by Crippen LogP contribution is -2.30. The van der Waals surface area contributed by atoms with E-state index in [1.165, 1.54) is 27.4 Å². The third kappa shape index (κ3) is 2.37. The average Bonchev–Trinajstić information content (AvgIpc) is 3.11. The molecule has 0 unspecified atom stereocenters. The van der Waals surface area contributed by atoms with Gasteiger partial charge in [0.05, 0.1) is 27.2 Å². The van der Waals surface area contributed by atoms with Gasteiger partial charge in [-0.1, -0.05) is 6.08 Å². The molecule has 6 nitrogen and oxygen atoms in total. The van der Waals surface area contributed by atoms with Gasteiger partial charge in [-0.15, -0.1) is 6.58 Å². The lowest BCUT2D eigenvalue weighted by molar-refractivity contribution is -0.160. The normalized spacial score (nSPS) is 25.2. The molecular formula is C12H16O6. The van der Waals surface area contributed by atoms with E-state index in [0.717, 1.165) is 0 Å². The van der Waals surface area contributed by atoms with E-state index in [4.69, 9.17) is 0 Å². The van der Waals surface area contributed by atoms with Gasteiger partial charge >= 0.3 is 17.9 Å². The molecule has 0 aliphatic heterocycles. The number of carbonyl (C=O) groups is 3. The van der Waals surface area contributed by atoms with Gasteiger partial charge in [0.1, 0.15) is 0 Å². The van der Waals surface area contributed by atoms with Gasteiger partial charge in [0.15, 0.2) is 5.92 Å². The summed E-state index contributed by atoms with van der Waals surface area (Å²) in [5.74, 6) is -4.35. The summed E-state index contributed by atoms with van der Waals surface area (Å²) in [6.45, 7) is 3.58. The molecule has 0 spiro atoms. The van der Waals surface area contributed by atoms with Crippen molar-refractivity contribution in [3.63, 3.8) is 0 Å². The van der Waals surface area contributed by atoms with Crippen LogP contribution in [0.3, 0.4) is 0 Å². The highest BCUT2D eigenvalue weighted by Gasteiger charge is 2.62. The van der Waals surface area contributed by atoms with Crippen molar-refractivity contribution in [3.8, 4) is 0 Å². The van der Waals surface area contributed by atoms with Crippen molar-refractivity contribution in [2.75, 3.05) is 21.3 Å². The first-order valence-corrected chi connectivity index (χ1v) is 5.39. The van der Waals surface area contributed by atoms with Crippen molar-refractivity contribution < 1.29 is 28.6 Å². The van der Waals surface area contributed by atoms with E-state index in [0.29, 0.717) is 0 Å². The Balaban J connectivity index is 2.94. The second kappa shape index (κ2) is 5.66. The van der Waals surface area contributed by atoms with Gasteiger partial charge in [-0.25, -0.2) is 0 Å². The van der Waals surface area contributed by atoms with Crippen LogP contribution in [0.2, 0.25) is 0 Å². The predicted octanol–water partition coefficient (Wildman–Crippen LogP) is 0.170. The molecule has 0 aromatic rings. The quantitative estimate of drug-likeness (QED) is 0.302. The Hall–Kier alpha value is -1.85. The van der Waals surface area contributed by atoms with E-state index < -0.39 is 35.7 Å². The number of carbonyl (C=O) groups excluding carboxylic acids is 3. The van der Waals surface area contributed by atoms with Gasteiger partial charge < -0.3 is 14.2 Å². The standard InChI is InChI=1S/C12H16O6/c1-5-6-7(8(6)10(13)16-2)9(11(14)17-3)12(15)18-4/h5-9H,1H2,2-4H3/t6-,7-,8-/m0/s1. The molecular weight excluding hydrogens is 240 g/mol. The minimum Gasteiger partial charge on any atom is -0.469 e. The fourth-order valence-corrected chi connectivity index (χ4v) is 2.21. The topological polar surface area (TPSA) is 78.9 Å². The molecule has 1 fully saturated rings. The summed E-state index contributed by atoms with van der Waals surface area (Å²) in [5.41, 5.74) is 0. The molecule has 0 bridgehead atoms. The maximum atomic E-state index is 11.6. The molecule has 0 saturated heterocycles. The molecule has 0 heterocycles. The molecule has 0 N–H and O–H groups in total. The summed E-state index contributed by atoms with van der Waals surface area (Å²) < 4.78 is 13.8. The molecule has 18 heavy (non-hydrogen) atoms. The Morgan fingerprint density at radius 3 is 1.89 bits per heavy atom. The van der Waals surface area contributed by atoms with Crippen LogP contribution in [-0.4, -0.2) is 39.2 Å². The van der Waals surface area contributed by atoms with E-state index in [9.17, 15) is 14.4 Å². The summed E-state index contributed by atoms with van der Waals surface area (Å²) in [6, 6.07) is 0. The zero-order chi connectivity index (χ0) is 13.9. The van der Waals surface area contributed by atoms with Gasteiger partial charge in [-0.3, -0.25) is 14.4 Å². The Morgan fingerprint density at radius 1 is 1.06 bits per heavy atom. The molecule has 3 atom stereocenters. The molecule has 6 heteroatoms. The van der Waals surface area contributed by atoms with Gasteiger partial charge in [-0.05, 0) is 5.92 Å². The molecule has 100 valence electrons. The van der Waals surface area contributed by atoms with Crippen LogP contribution in [0.15, 0.2) is 12.7 Å². The maximum absolute atomic E-state index is 11.6. The number of ether oxygens (including phenoxy) is 3. The summed E-state index contributed by atoms with van der Waals surface area (Å²) in [7, 11) is 3.61. The van der Waals surface area contributed by atoms with Crippen LogP contribution >= 0.6 is 0 Å². The molecule has 1 aliphatic carbocycles. The van der Waals surface area contributed by atoms with Crippen LogP contribution in [-0.2, 0) is 28.6 Å². The van der Waals surface area contributed by atoms with Crippen LogP contribution in [0.4, 0.5) is 0 Å². The second-order valence-electron chi connectivity index (χ2n) is 3.96. The Bertz CT molecular complexity index is 359. The van der Waals surface area contributed by atoms with Crippen LogP contribution in [0.1, 0.15) is 0 Å². The molecule has 0 radical (unpaired) electrons. The predicted molar refractivity (Wildman–Crippen MR) is 60.2 cm³/mol. The number of rotatable bonds is 5. The lowest BCUT2D eigenvalue weighted by Gasteiger charge is -2.11. The first-order valence-electron chi connectivity index (χ1n) is 5.39. The van der Waals surface area contributed by atoms with E-state index in [1.807, 2.05) is 0 Å². The highest BCUT2D eigenvalue weighted by Crippen LogP contribution is 2.53. The average molecular weight is 256 g/mol. The first kappa shape index (κ1) is 14.2. The smallest absolute Gasteiger partial charge is 0.320 e. The van der Waals surface area contributed by atoms with Crippen molar-refractivity contribution in [1.82, 2.24) is 0 Å². The zero-order valence-corrected chi connectivity index (χ0v) is 10.5.